The van der Waals surface area contributed by atoms with Gasteiger partial charge in [0.2, 0.25) is 0 Å². The van der Waals surface area contributed by atoms with Gasteiger partial charge in [-0.15, -0.1) is 0 Å². The molecule has 1 aromatic rings. The summed E-state index contributed by atoms with van der Waals surface area (Å²) in [6.45, 7) is 3.10. The highest BCUT2D eigenvalue weighted by molar-refractivity contribution is 6.35. The van der Waals surface area contributed by atoms with Crippen molar-refractivity contribution in [2.45, 2.75) is 13.5 Å². The monoisotopic (exact) mass is 275 g/mol. The Morgan fingerprint density at radius 3 is 2.55 bits per heavy atom. The minimum atomic E-state index is -0.625. The van der Waals surface area contributed by atoms with Crippen LogP contribution in [0.3, 0.4) is 0 Å². The van der Waals surface area contributed by atoms with Crippen molar-refractivity contribution in [1.82, 2.24) is 9.80 Å². The lowest BCUT2D eigenvalue weighted by atomic mass is 10.1. The molecule has 0 aromatic heterocycles. The molecule has 104 valence electrons. The molecule has 0 N–H and O–H groups in total. The third-order valence-electron chi connectivity index (χ3n) is 3.31. The highest BCUT2D eigenvalue weighted by Gasteiger charge is 2.31. The highest BCUT2D eigenvalue weighted by Crippen LogP contribution is 2.15. The van der Waals surface area contributed by atoms with E-state index in [0.29, 0.717) is 25.2 Å². The van der Waals surface area contributed by atoms with Gasteiger partial charge in [-0.2, -0.15) is 5.26 Å². The summed E-state index contributed by atoms with van der Waals surface area (Å²) < 4.78 is 13.7. The number of hydrogen-bond donors (Lipinski definition) is 0. The van der Waals surface area contributed by atoms with Crippen molar-refractivity contribution in [2.24, 2.45) is 0 Å². The second-order valence-electron chi connectivity index (χ2n) is 4.53. The van der Waals surface area contributed by atoms with Crippen LogP contribution >= 0.6 is 0 Å². The van der Waals surface area contributed by atoms with E-state index < -0.39 is 17.6 Å². The van der Waals surface area contributed by atoms with E-state index in [4.69, 9.17) is 5.26 Å². The number of nitrogens with zero attached hydrogens (tertiary/aromatic N) is 3. The Balaban J connectivity index is 2.17. The Kier molecular flexibility index (Phi) is 3.99. The zero-order valence-corrected chi connectivity index (χ0v) is 11.1. The summed E-state index contributed by atoms with van der Waals surface area (Å²) in [5, 5.41) is 8.81. The van der Waals surface area contributed by atoms with Gasteiger partial charge < -0.3 is 9.80 Å². The molecule has 0 bridgehead atoms. The van der Waals surface area contributed by atoms with Crippen molar-refractivity contribution in [2.75, 3.05) is 19.6 Å². The minimum absolute atomic E-state index is 0.00345. The molecule has 1 aliphatic heterocycles. The summed E-state index contributed by atoms with van der Waals surface area (Å²) in [4.78, 5) is 26.4. The number of carbonyl (C=O) groups excluding carboxylic acids is 2. The van der Waals surface area contributed by atoms with Gasteiger partial charge in [0.15, 0.2) is 0 Å². The third-order valence-corrected chi connectivity index (χ3v) is 3.31. The smallest absolute Gasteiger partial charge is 0.312 e. The zero-order chi connectivity index (χ0) is 14.7. The van der Waals surface area contributed by atoms with E-state index in [-0.39, 0.29) is 12.1 Å². The van der Waals surface area contributed by atoms with Crippen LogP contribution in [0.4, 0.5) is 4.39 Å². The van der Waals surface area contributed by atoms with Crippen molar-refractivity contribution < 1.29 is 14.0 Å². The fourth-order valence-electron chi connectivity index (χ4n) is 2.14. The second-order valence-corrected chi connectivity index (χ2v) is 4.53. The molecule has 0 radical (unpaired) electrons. The topological polar surface area (TPSA) is 64.4 Å². The summed E-state index contributed by atoms with van der Waals surface area (Å²) in [5.74, 6) is -1.67. The van der Waals surface area contributed by atoms with Gasteiger partial charge in [-0.3, -0.25) is 9.59 Å². The SMILES string of the molecule is CCN1CCN(Cc2cc(C#N)ccc2F)C(=O)C1=O. The van der Waals surface area contributed by atoms with Crippen molar-refractivity contribution >= 4 is 11.8 Å². The predicted molar refractivity (Wildman–Crippen MR) is 68.8 cm³/mol. The lowest BCUT2D eigenvalue weighted by Crippen LogP contribution is -2.53. The molecular formula is C14H14FN3O2. The number of piperazine rings is 1. The summed E-state index contributed by atoms with van der Waals surface area (Å²) in [6.07, 6.45) is 0. The van der Waals surface area contributed by atoms with E-state index in [1.54, 1.807) is 6.92 Å². The molecule has 0 unspecified atom stereocenters. The third kappa shape index (κ3) is 2.62. The van der Waals surface area contributed by atoms with Crippen molar-refractivity contribution in [3.63, 3.8) is 0 Å². The number of likely N-dealkylation sites (N-methyl/N-ethyl adjacent to an activating group) is 1. The Bertz CT molecular complexity index is 595. The number of hydrogen-bond acceptors (Lipinski definition) is 3. The van der Waals surface area contributed by atoms with Crippen LogP contribution in [0.25, 0.3) is 0 Å². The number of benzene rings is 1. The number of amides is 2. The molecule has 6 heteroatoms. The van der Waals surface area contributed by atoms with E-state index in [0.717, 1.165) is 0 Å². The molecule has 0 saturated carbocycles. The van der Waals surface area contributed by atoms with Gasteiger partial charge in [0.25, 0.3) is 0 Å². The van der Waals surface area contributed by atoms with Crippen molar-refractivity contribution in [1.29, 1.82) is 5.26 Å². The van der Waals surface area contributed by atoms with Gasteiger partial charge in [-0.1, -0.05) is 0 Å². The van der Waals surface area contributed by atoms with Crippen LogP contribution in [0.15, 0.2) is 18.2 Å². The van der Waals surface area contributed by atoms with E-state index in [1.807, 2.05) is 6.07 Å². The number of halogens is 1. The predicted octanol–water partition coefficient (Wildman–Crippen LogP) is 0.888. The van der Waals surface area contributed by atoms with Crippen LogP contribution in [0.1, 0.15) is 18.1 Å². The maximum atomic E-state index is 13.7. The maximum Gasteiger partial charge on any atom is 0.312 e. The van der Waals surface area contributed by atoms with Crippen LogP contribution in [-0.2, 0) is 16.1 Å². The quantitative estimate of drug-likeness (QED) is 0.769. The lowest BCUT2D eigenvalue weighted by Gasteiger charge is -2.33. The van der Waals surface area contributed by atoms with Crippen LogP contribution in [0.5, 0.6) is 0 Å². The Morgan fingerprint density at radius 2 is 1.90 bits per heavy atom. The second kappa shape index (κ2) is 5.70. The standard InChI is InChI=1S/C14H14FN3O2/c1-2-17-5-6-18(14(20)13(17)19)9-11-7-10(8-16)3-4-12(11)15/h3-4,7H,2,5-6,9H2,1H3. The van der Waals surface area contributed by atoms with Gasteiger partial charge >= 0.3 is 11.8 Å². The molecule has 1 fully saturated rings. The van der Waals surface area contributed by atoms with E-state index in [1.165, 1.54) is 28.0 Å². The number of rotatable bonds is 3. The van der Waals surface area contributed by atoms with Gasteiger partial charge in [-0.25, -0.2) is 4.39 Å². The largest absolute Gasteiger partial charge is 0.333 e. The van der Waals surface area contributed by atoms with E-state index >= 15 is 0 Å². The van der Waals surface area contributed by atoms with Gasteiger partial charge in [0.05, 0.1) is 11.6 Å². The number of carbonyl (C=O) groups is 2. The van der Waals surface area contributed by atoms with Crippen LogP contribution in [0.2, 0.25) is 0 Å². The Morgan fingerprint density at radius 1 is 1.25 bits per heavy atom. The molecule has 1 saturated heterocycles. The first kappa shape index (κ1) is 14.0. The Labute approximate surface area is 116 Å². The fourth-order valence-corrected chi connectivity index (χ4v) is 2.14. The molecule has 0 aliphatic carbocycles. The first-order valence-corrected chi connectivity index (χ1v) is 6.33. The average Bonchev–Trinajstić information content (AvgIpc) is 2.46. The molecular weight excluding hydrogens is 261 g/mol. The summed E-state index contributed by atoms with van der Waals surface area (Å²) >= 11 is 0. The molecule has 0 spiro atoms. The maximum absolute atomic E-state index is 13.7. The van der Waals surface area contributed by atoms with E-state index in [9.17, 15) is 14.0 Å². The molecule has 1 aromatic carbocycles. The summed E-state index contributed by atoms with van der Waals surface area (Å²) in [5.41, 5.74) is 0.572. The Hall–Kier alpha value is -2.42. The average molecular weight is 275 g/mol. The molecule has 20 heavy (non-hydrogen) atoms. The molecule has 2 amide bonds. The fraction of sp³-hybridized carbons (Fsp3) is 0.357. The molecule has 2 rings (SSSR count). The zero-order valence-electron chi connectivity index (χ0n) is 11.1. The molecule has 1 heterocycles. The first-order chi connectivity index (χ1) is 9.56. The van der Waals surface area contributed by atoms with E-state index in [2.05, 4.69) is 0 Å². The van der Waals surface area contributed by atoms with Gasteiger partial charge in [0, 0.05) is 31.7 Å². The van der Waals surface area contributed by atoms with Crippen LogP contribution < -0.4 is 0 Å². The molecule has 0 atom stereocenters. The van der Waals surface area contributed by atoms with Crippen LogP contribution in [-0.4, -0.2) is 41.2 Å². The summed E-state index contributed by atoms with van der Waals surface area (Å²) in [6, 6.07) is 5.90. The lowest BCUT2D eigenvalue weighted by molar-refractivity contribution is -0.156. The highest BCUT2D eigenvalue weighted by atomic mass is 19.1. The first-order valence-electron chi connectivity index (χ1n) is 6.33. The van der Waals surface area contributed by atoms with Gasteiger partial charge in [0.1, 0.15) is 5.82 Å². The van der Waals surface area contributed by atoms with Crippen LogP contribution in [0, 0.1) is 17.1 Å². The number of nitriles is 1. The van der Waals surface area contributed by atoms with Crippen molar-refractivity contribution in [3.8, 4) is 6.07 Å². The van der Waals surface area contributed by atoms with Gasteiger partial charge in [-0.05, 0) is 25.1 Å². The minimum Gasteiger partial charge on any atom is -0.333 e. The van der Waals surface area contributed by atoms with Crippen molar-refractivity contribution in [3.05, 3.63) is 35.1 Å². The molecule has 5 nitrogen and oxygen atoms in total. The molecule has 1 aliphatic rings. The summed E-state index contributed by atoms with van der Waals surface area (Å²) in [7, 11) is 0. The normalized spacial score (nSPS) is 15.4.